The van der Waals surface area contributed by atoms with Crippen LogP contribution in [0.25, 0.3) is 0 Å². The second-order valence-electron chi connectivity index (χ2n) is 4.67. The van der Waals surface area contributed by atoms with E-state index in [1.54, 1.807) is 18.2 Å². The molecule has 0 unspecified atom stereocenters. The zero-order valence-electron chi connectivity index (χ0n) is 11.6. The van der Waals surface area contributed by atoms with E-state index in [-0.39, 0.29) is 22.8 Å². The third-order valence-electron chi connectivity index (χ3n) is 3.10. The summed E-state index contributed by atoms with van der Waals surface area (Å²) in [5.74, 6) is -1.04. The SMILES string of the molecule is CN(Cc1ccccc1F)C(=O)c1cc(Cl)ccc1[N+](=O)[O-]. The number of rotatable bonds is 4. The molecule has 0 saturated heterocycles. The minimum atomic E-state index is -0.652. The van der Waals surface area contributed by atoms with Gasteiger partial charge in [0.05, 0.1) is 4.92 Å². The third kappa shape index (κ3) is 3.40. The lowest BCUT2D eigenvalue weighted by atomic mass is 10.1. The Bertz CT molecular complexity index is 736. The summed E-state index contributed by atoms with van der Waals surface area (Å²) in [4.78, 5) is 23.9. The van der Waals surface area contributed by atoms with Crippen LogP contribution in [0.2, 0.25) is 5.02 Å². The number of nitrogens with zero attached hydrogens (tertiary/aromatic N) is 2. The molecule has 0 aliphatic carbocycles. The van der Waals surface area contributed by atoms with Crippen LogP contribution in [0.3, 0.4) is 0 Å². The van der Waals surface area contributed by atoms with Crippen LogP contribution in [0.4, 0.5) is 10.1 Å². The molecule has 0 heterocycles. The minimum absolute atomic E-state index is 0.00479. The summed E-state index contributed by atoms with van der Waals surface area (Å²) in [5, 5.41) is 11.2. The summed E-state index contributed by atoms with van der Waals surface area (Å²) >= 11 is 5.80. The van der Waals surface area contributed by atoms with Gasteiger partial charge in [0.15, 0.2) is 0 Å². The van der Waals surface area contributed by atoms with E-state index in [9.17, 15) is 19.3 Å². The molecule has 2 aromatic rings. The summed E-state index contributed by atoms with van der Waals surface area (Å²) in [6.07, 6.45) is 0. The van der Waals surface area contributed by atoms with Crippen LogP contribution in [-0.4, -0.2) is 22.8 Å². The van der Waals surface area contributed by atoms with Gasteiger partial charge in [0, 0.05) is 30.2 Å². The molecule has 0 aromatic heterocycles. The van der Waals surface area contributed by atoms with Crippen molar-refractivity contribution in [2.45, 2.75) is 6.54 Å². The van der Waals surface area contributed by atoms with Gasteiger partial charge in [0.2, 0.25) is 0 Å². The first-order chi connectivity index (χ1) is 10.4. The van der Waals surface area contributed by atoms with Crippen molar-refractivity contribution in [2.75, 3.05) is 7.05 Å². The molecule has 0 atom stereocenters. The molecule has 0 radical (unpaired) electrons. The monoisotopic (exact) mass is 322 g/mol. The van der Waals surface area contributed by atoms with Crippen LogP contribution in [0.5, 0.6) is 0 Å². The lowest BCUT2D eigenvalue weighted by Gasteiger charge is -2.17. The number of hydrogen-bond acceptors (Lipinski definition) is 3. The molecule has 2 rings (SSSR count). The Balaban J connectivity index is 2.30. The first kappa shape index (κ1) is 15.9. The first-order valence-corrected chi connectivity index (χ1v) is 6.70. The van der Waals surface area contributed by atoms with Crippen LogP contribution in [-0.2, 0) is 6.54 Å². The second kappa shape index (κ2) is 6.53. The molecular formula is C15H12ClFN2O3. The maximum absolute atomic E-state index is 13.6. The zero-order valence-corrected chi connectivity index (χ0v) is 12.4. The van der Waals surface area contributed by atoms with Crippen molar-refractivity contribution in [1.82, 2.24) is 4.90 Å². The predicted octanol–water partition coefficient (Wildman–Crippen LogP) is 3.66. The Hall–Kier alpha value is -2.47. The number of nitro benzene ring substituents is 1. The number of carbonyl (C=O) groups excluding carboxylic acids is 1. The highest BCUT2D eigenvalue weighted by Gasteiger charge is 2.23. The Labute approximate surface area is 131 Å². The standard InChI is InChI=1S/C15H12ClFN2O3/c1-18(9-10-4-2-3-5-13(10)17)15(20)12-8-11(16)6-7-14(12)19(21)22/h2-8H,9H2,1H3. The maximum Gasteiger partial charge on any atom is 0.282 e. The second-order valence-corrected chi connectivity index (χ2v) is 5.11. The predicted molar refractivity (Wildman–Crippen MR) is 80.3 cm³/mol. The van der Waals surface area contributed by atoms with E-state index < -0.39 is 16.6 Å². The molecule has 0 N–H and O–H groups in total. The number of hydrogen-bond donors (Lipinski definition) is 0. The molecule has 0 spiro atoms. The van der Waals surface area contributed by atoms with Gasteiger partial charge in [-0.15, -0.1) is 0 Å². The van der Waals surface area contributed by atoms with Gasteiger partial charge in [-0.2, -0.15) is 0 Å². The minimum Gasteiger partial charge on any atom is -0.337 e. The summed E-state index contributed by atoms with van der Waals surface area (Å²) in [7, 11) is 1.44. The van der Waals surface area contributed by atoms with Gasteiger partial charge in [-0.1, -0.05) is 29.8 Å². The average molecular weight is 323 g/mol. The van der Waals surface area contributed by atoms with Crippen molar-refractivity contribution >= 4 is 23.2 Å². The van der Waals surface area contributed by atoms with Crippen molar-refractivity contribution in [3.8, 4) is 0 Å². The summed E-state index contributed by atoms with van der Waals surface area (Å²) in [6, 6.07) is 9.78. The quantitative estimate of drug-likeness (QED) is 0.637. The Morgan fingerprint density at radius 1 is 1.32 bits per heavy atom. The fraction of sp³-hybridized carbons (Fsp3) is 0.133. The maximum atomic E-state index is 13.6. The Morgan fingerprint density at radius 3 is 2.64 bits per heavy atom. The van der Waals surface area contributed by atoms with Gasteiger partial charge in [-0.3, -0.25) is 14.9 Å². The van der Waals surface area contributed by atoms with Crippen molar-refractivity contribution < 1.29 is 14.1 Å². The fourth-order valence-electron chi connectivity index (χ4n) is 2.00. The normalized spacial score (nSPS) is 10.3. The van der Waals surface area contributed by atoms with Crippen LogP contribution >= 0.6 is 11.6 Å². The highest BCUT2D eigenvalue weighted by molar-refractivity contribution is 6.31. The lowest BCUT2D eigenvalue weighted by Crippen LogP contribution is -2.27. The molecule has 1 amide bonds. The van der Waals surface area contributed by atoms with E-state index in [1.807, 2.05) is 0 Å². The van der Waals surface area contributed by atoms with Gasteiger partial charge in [-0.05, 0) is 18.2 Å². The van der Waals surface area contributed by atoms with E-state index in [0.29, 0.717) is 5.56 Å². The molecule has 5 nitrogen and oxygen atoms in total. The summed E-state index contributed by atoms with van der Waals surface area (Å²) < 4.78 is 13.6. The highest BCUT2D eigenvalue weighted by atomic mass is 35.5. The van der Waals surface area contributed by atoms with E-state index in [2.05, 4.69) is 0 Å². The number of benzene rings is 2. The van der Waals surface area contributed by atoms with E-state index in [1.165, 1.54) is 36.2 Å². The molecule has 22 heavy (non-hydrogen) atoms. The molecule has 0 fully saturated rings. The molecule has 2 aromatic carbocycles. The molecular weight excluding hydrogens is 311 g/mol. The van der Waals surface area contributed by atoms with Crippen molar-refractivity contribution in [3.63, 3.8) is 0 Å². The van der Waals surface area contributed by atoms with E-state index >= 15 is 0 Å². The molecule has 114 valence electrons. The number of nitro groups is 1. The molecule has 0 aliphatic rings. The lowest BCUT2D eigenvalue weighted by molar-refractivity contribution is -0.385. The Kier molecular flexibility index (Phi) is 4.72. The van der Waals surface area contributed by atoms with Gasteiger partial charge < -0.3 is 4.90 Å². The van der Waals surface area contributed by atoms with Crippen LogP contribution in [0, 0.1) is 15.9 Å². The van der Waals surface area contributed by atoms with Gasteiger partial charge in [0.1, 0.15) is 11.4 Å². The van der Waals surface area contributed by atoms with Crippen molar-refractivity contribution in [2.24, 2.45) is 0 Å². The molecule has 0 bridgehead atoms. The number of amides is 1. The van der Waals surface area contributed by atoms with Gasteiger partial charge >= 0.3 is 0 Å². The van der Waals surface area contributed by atoms with Gasteiger partial charge in [-0.25, -0.2) is 4.39 Å². The first-order valence-electron chi connectivity index (χ1n) is 6.33. The van der Waals surface area contributed by atoms with Crippen molar-refractivity contribution in [3.05, 3.63) is 74.5 Å². The third-order valence-corrected chi connectivity index (χ3v) is 3.33. The largest absolute Gasteiger partial charge is 0.337 e. The smallest absolute Gasteiger partial charge is 0.282 e. The van der Waals surface area contributed by atoms with Gasteiger partial charge in [0.25, 0.3) is 11.6 Å². The molecule has 0 saturated carbocycles. The number of carbonyl (C=O) groups is 1. The highest BCUT2D eigenvalue weighted by Crippen LogP contribution is 2.24. The summed E-state index contributed by atoms with van der Waals surface area (Å²) in [6.45, 7) is -0.00479. The Morgan fingerprint density at radius 2 is 2.00 bits per heavy atom. The van der Waals surface area contributed by atoms with Crippen molar-refractivity contribution in [1.29, 1.82) is 0 Å². The van der Waals surface area contributed by atoms with Crippen LogP contribution in [0.1, 0.15) is 15.9 Å². The summed E-state index contributed by atoms with van der Waals surface area (Å²) in [5.41, 5.74) is -0.144. The van der Waals surface area contributed by atoms with E-state index in [0.717, 1.165) is 0 Å². The topological polar surface area (TPSA) is 63.5 Å². The number of halogens is 2. The van der Waals surface area contributed by atoms with Crippen LogP contribution in [0.15, 0.2) is 42.5 Å². The van der Waals surface area contributed by atoms with Crippen LogP contribution < -0.4 is 0 Å². The molecule has 7 heteroatoms. The zero-order chi connectivity index (χ0) is 16.3. The fourth-order valence-corrected chi connectivity index (χ4v) is 2.17. The van der Waals surface area contributed by atoms with E-state index in [4.69, 9.17) is 11.6 Å². The molecule has 0 aliphatic heterocycles. The average Bonchev–Trinajstić information content (AvgIpc) is 2.48.